The Morgan fingerprint density at radius 3 is 1.03 bits per heavy atom. The van der Waals surface area contributed by atoms with Gasteiger partial charge in [-0.3, -0.25) is 4.79 Å². The van der Waals surface area contributed by atoms with E-state index in [0.717, 1.165) is 77.0 Å². The summed E-state index contributed by atoms with van der Waals surface area (Å²) in [6, 6.07) is -0.540. The van der Waals surface area contributed by atoms with Crippen molar-refractivity contribution in [3.05, 3.63) is 97.2 Å². The molecule has 0 spiro atoms. The van der Waals surface area contributed by atoms with Gasteiger partial charge in [0.15, 0.2) is 0 Å². The van der Waals surface area contributed by atoms with Gasteiger partial charge in [0.25, 0.3) is 0 Å². The molecule has 3 N–H and O–H groups in total. The van der Waals surface area contributed by atoms with Gasteiger partial charge in [0.2, 0.25) is 5.91 Å². The normalized spacial score (nSPS) is 13.6. The average molecular weight is 889 g/mol. The summed E-state index contributed by atoms with van der Waals surface area (Å²) in [5, 5.41) is 23.2. The molecule has 0 aliphatic rings. The van der Waals surface area contributed by atoms with Crippen molar-refractivity contribution in [3.8, 4) is 0 Å². The second-order valence-electron chi connectivity index (χ2n) is 18.3. The largest absolute Gasteiger partial charge is 0.394 e. The van der Waals surface area contributed by atoms with Gasteiger partial charge in [-0.15, -0.1) is 0 Å². The van der Waals surface area contributed by atoms with Gasteiger partial charge >= 0.3 is 0 Å². The molecular formula is C60H105NO3. The zero-order valence-electron chi connectivity index (χ0n) is 42.3. The van der Waals surface area contributed by atoms with Crippen LogP contribution in [0.2, 0.25) is 0 Å². The number of rotatable bonds is 49. The lowest BCUT2D eigenvalue weighted by atomic mass is 10.0. The summed E-state index contributed by atoms with van der Waals surface area (Å²) in [7, 11) is 0. The SMILES string of the molecule is CC/C=C\C/C=C\C/C=C\C/C=C\C/C=C\C/C=C\C/C=C\C/C=C\CCCCCCCCCCCCCCCCC(=O)NC(CO)C(O)CCCCCCCCCCCCCCC. The van der Waals surface area contributed by atoms with E-state index in [9.17, 15) is 15.0 Å². The van der Waals surface area contributed by atoms with Gasteiger partial charge in [-0.25, -0.2) is 0 Å². The van der Waals surface area contributed by atoms with Crippen LogP contribution in [0.3, 0.4) is 0 Å². The topological polar surface area (TPSA) is 69.6 Å². The van der Waals surface area contributed by atoms with Crippen molar-refractivity contribution in [2.45, 2.75) is 270 Å². The monoisotopic (exact) mass is 888 g/mol. The van der Waals surface area contributed by atoms with Crippen molar-refractivity contribution in [1.29, 1.82) is 0 Å². The first-order chi connectivity index (χ1) is 31.7. The van der Waals surface area contributed by atoms with Gasteiger partial charge < -0.3 is 15.5 Å². The number of aliphatic hydroxyl groups excluding tert-OH is 2. The lowest BCUT2D eigenvalue weighted by Crippen LogP contribution is -2.45. The van der Waals surface area contributed by atoms with Crippen LogP contribution in [0.15, 0.2) is 97.2 Å². The van der Waals surface area contributed by atoms with Gasteiger partial charge in [0, 0.05) is 6.42 Å². The molecule has 64 heavy (non-hydrogen) atoms. The van der Waals surface area contributed by atoms with Crippen molar-refractivity contribution in [2.75, 3.05) is 6.61 Å². The maximum absolute atomic E-state index is 12.5. The number of nitrogens with one attached hydrogen (secondary N) is 1. The molecule has 0 bridgehead atoms. The number of hydrogen-bond acceptors (Lipinski definition) is 3. The number of allylic oxidation sites excluding steroid dienone is 16. The quantitative estimate of drug-likeness (QED) is 0.0421. The summed E-state index contributed by atoms with van der Waals surface area (Å²) in [5.41, 5.74) is 0. The van der Waals surface area contributed by atoms with Crippen molar-refractivity contribution in [3.63, 3.8) is 0 Å². The van der Waals surface area contributed by atoms with E-state index in [1.807, 2.05) is 0 Å². The lowest BCUT2D eigenvalue weighted by Gasteiger charge is -2.22. The minimum atomic E-state index is -0.663. The molecule has 4 nitrogen and oxygen atoms in total. The minimum absolute atomic E-state index is 0.0346. The summed E-state index contributed by atoms with van der Waals surface area (Å²) >= 11 is 0. The third-order valence-electron chi connectivity index (χ3n) is 12.1. The molecule has 0 saturated carbocycles. The van der Waals surface area contributed by atoms with E-state index in [0.29, 0.717) is 12.8 Å². The fraction of sp³-hybridized carbons (Fsp3) is 0.717. The number of carbonyl (C=O) groups excluding carboxylic acids is 1. The first-order valence-corrected chi connectivity index (χ1v) is 27.4. The summed E-state index contributed by atoms with van der Waals surface area (Å²) in [6.07, 6.45) is 81.0. The van der Waals surface area contributed by atoms with Gasteiger partial charge in [-0.1, -0.05) is 272 Å². The van der Waals surface area contributed by atoms with Crippen LogP contribution in [0.4, 0.5) is 0 Å². The van der Waals surface area contributed by atoms with E-state index >= 15 is 0 Å². The molecule has 0 aliphatic carbocycles. The van der Waals surface area contributed by atoms with Gasteiger partial charge in [-0.05, 0) is 77.0 Å². The number of hydrogen-bond donors (Lipinski definition) is 3. The molecule has 0 aliphatic heterocycles. The smallest absolute Gasteiger partial charge is 0.220 e. The van der Waals surface area contributed by atoms with E-state index in [1.54, 1.807) is 0 Å². The zero-order chi connectivity index (χ0) is 46.3. The summed E-state index contributed by atoms with van der Waals surface area (Å²) < 4.78 is 0. The maximum atomic E-state index is 12.5. The van der Waals surface area contributed by atoms with E-state index < -0.39 is 12.1 Å². The fourth-order valence-corrected chi connectivity index (χ4v) is 7.97. The van der Waals surface area contributed by atoms with Crippen LogP contribution in [-0.2, 0) is 4.79 Å². The second-order valence-corrected chi connectivity index (χ2v) is 18.3. The predicted molar refractivity (Wildman–Crippen MR) is 285 cm³/mol. The Balaban J connectivity index is 3.51. The van der Waals surface area contributed by atoms with Crippen LogP contribution >= 0.6 is 0 Å². The van der Waals surface area contributed by atoms with Crippen LogP contribution < -0.4 is 5.32 Å². The molecule has 0 aromatic carbocycles. The highest BCUT2D eigenvalue weighted by atomic mass is 16.3. The number of aliphatic hydroxyl groups is 2. The molecule has 0 radical (unpaired) electrons. The maximum Gasteiger partial charge on any atom is 0.220 e. The predicted octanol–water partition coefficient (Wildman–Crippen LogP) is 18.1. The molecule has 0 heterocycles. The van der Waals surface area contributed by atoms with Gasteiger partial charge in [-0.2, -0.15) is 0 Å². The zero-order valence-corrected chi connectivity index (χ0v) is 42.3. The van der Waals surface area contributed by atoms with E-state index in [1.165, 1.54) is 154 Å². The Morgan fingerprint density at radius 1 is 0.391 bits per heavy atom. The first kappa shape index (κ1) is 61.3. The molecule has 2 unspecified atom stereocenters. The standard InChI is InChI=1S/C60H105NO3/c1-3-5-7-9-11-13-15-17-18-19-20-21-22-23-24-25-26-27-28-29-30-31-32-33-34-35-36-37-38-39-40-41-42-44-46-48-50-52-54-56-60(64)61-58(57-62)59(63)55-53-51-49-47-45-43-16-14-12-10-8-6-4-2/h5,7,11,13,17-18,20-21,23-24,26-27,29-30,32-33,58-59,62-63H,3-4,6,8-10,12,14-16,19,22,25,28,31,34-57H2,1-2H3,(H,61,64)/b7-5-,13-11-,18-17-,21-20-,24-23-,27-26-,30-29-,33-32-. The molecule has 1 amide bonds. The Hall–Kier alpha value is -2.69. The third kappa shape index (κ3) is 50.3. The van der Waals surface area contributed by atoms with Crippen molar-refractivity contribution in [1.82, 2.24) is 5.32 Å². The highest BCUT2D eigenvalue weighted by Gasteiger charge is 2.20. The van der Waals surface area contributed by atoms with Crippen molar-refractivity contribution < 1.29 is 15.0 Å². The van der Waals surface area contributed by atoms with Crippen LogP contribution in [0.1, 0.15) is 258 Å². The third-order valence-corrected chi connectivity index (χ3v) is 12.1. The Bertz CT molecular complexity index is 1190. The van der Waals surface area contributed by atoms with Crippen LogP contribution in [-0.4, -0.2) is 34.9 Å². The first-order valence-electron chi connectivity index (χ1n) is 27.4. The van der Waals surface area contributed by atoms with E-state index in [-0.39, 0.29) is 12.5 Å². The Morgan fingerprint density at radius 2 is 0.688 bits per heavy atom. The summed E-state index contributed by atoms with van der Waals surface area (Å²) in [4.78, 5) is 12.5. The average Bonchev–Trinajstić information content (AvgIpc) is 3.30. The van der Waals surface area contributed by atoms with E-state index in [2.05, 4.69) is 116 Å². The highest BCUT2D eigenvalue weighted by Crippen LogP contribution is 2.16. The Kier molecular flexibility index (Phi) is 52.3. The summed E-state index contributed by atoms with van der Waals surface area (Å²) in [6.45, 7) is 4.24. The molecular weight excluding hydrogens is 783 g/mol. The summed E-state index contributed by atoms with van der Waals surface area (Å²) in [5.74, 6) is -0.0346. The molecule has 2 atom stereocenters. The molecule has 4 heteroatoms. The van der Waals surface area contributed by atoms with Crippen LogP contribution in [0.25, 0.3) is 0 Å². The fourth-order valence-electron chi connectivity index (χ4n) is 7.97. The highest BCUT2D eigenvalue weighted by molar-refractivity contribution is 5.76. The van der Waals surface area contributed by atoms with Gasteiger partial charge in [0.05, 0.1) is 18.8 Å². The van der Waals surface area contributed by atoms with E-state index in [4.69, 9.17) is 0 Å². The number of unbranched alkanes of at least 4 members (excludes halogenated alkanes) is 26. The lowest BCUT2D eigenvalue weighted by molar-refractivity contribution is -0.123. The molecule has 0 aromatic heterocycles. The molecule has 0 aromatic rings. The second kappa shape index (κ2) is 54.6. The molecule has 0 saturated heterocycles. The minimum Gasteiger partial charge on any atom is -0.394 e. The van der Waals surface area contributed by atoms with Crippen molar-refractivity contribution in [2.24, 2.45) is 0 Å². The van der Waals surface area contributed by atoms with Gasteiger partial charge in [0.1, 0.15) is 0 Å². The van der Waals surface area contributed by atoms with Crippen molar-refractivity contribution >= 4 is 5.91 Å². The number of amides is 1. The van der Waals surface area contributed by atoms with Crippen LogP contribution in [0.5, 0.6) is 0 Å². The molecule has 0 fully saturated rings. The molecule has 368 valence electrons. The van der Waals surface area contributed by atoms with Crippen LogP contribution in [0, 0.1) is 0 Å². The Labute approximate surface area is 398 Å². The molecule has 0 rings (SSSR count). The number of carbonyl (C=O) groups is 1.